The SMILES string of the molecule is COc1ccc(Cl)cc1C(=O)N(C)CC(=O)N1CCC(C(=O)O)CC1. The molecular formula is C17H21ClN2O5. The molecule has 1 aromatic rings. The van der Waals surface area contributed by atoms with Crippen molar-refractivity contribution in [2.75, 3.05) is 33.8 Å². The molecule has 0 saturated carbocycles. The Balaban J connectivity index is 1.98. The highest BCUT2D eigenvalue weighted by molar-refractivity contribution is 6.31. The Morgan fingerprint density at radius 3 is 2.52 bits per heavy atom. The molecule has 0 atom stereocenters. The summed E-state index contributed by atoms with van der Waals surface area (Å²) in [6, 6.07) is 4.72. The van der Waals surface area contributed by atoms with Crippen molar-refractivity contribution >= 4 is 29.4 Å². The van der Waals surface area contributed by atoms with E-state index in [1.54, 1.807) is 17.0 Å². The average Bonchev–Trinajstić information content (AvgIpc) is 2.60. The lowest BCUT2D eigenvalue weighted by Crippen LogP contribution is -2.45. The Labute approximate surface area is 151 Å². The quantitative estimate of drug-likeness (QED) is 0.855. The average molecular weight is 369 g/mol. The molecule has 1 aliphatic rings. The van der Waals surface area contributed by atoms with Gasteiger partial charge in [-0.3, -0.25) is 14.4 Å². The first-order chi connectivity index (χ1) is 11.8. The number of carbonyl (C=O) groups is 3. The van der Waals surface area contributed by atoms with Crippen molar-refractivity contribution < 1.29 is 24.2 Å². The van der Waals surface area contributed by atoms with Crippen LogP contribution in [0.1, 0.15) is 23.2 Å². The molecule has 2 rings (SSSR count). The summed E-state index contributed by atoms with van der Waals surface area (Å²) < 4.78 is 5.17. The highest BCUT2D eigenvalue weighted by atomic mass is 35.5. The number of benzene rings is 1. The molecule has 2 amide bonds. The lowest BCUT2D eigenvalue weighted by atomic mass is 9.97. The maximum Gasteiger partial charge on any atom is 0.306 e. The number of methoxy groups -OCH3 is 1. The highest BCUT2D eigenvalue weighted by Gasteiger charge is 2.28. The summed E-state index contributed by atoms with van der Waals surface area (Å²) in [5, 5.41) is 9.40. The van der Waals surface area contributed by atoms with Gasteiger partial charge in [-0.15, -0.1) is 0 Å². The van der Waals surface area contributed by atoms with Crippen LogP contribution in [0.25, 0.3) is 0 Å². The zero-order chi connectivity index (χ0) is 18.6. The molecule has 136 valence electrons. The molecule has 0 bridgehead atoms. The summed E-state index contributed by atoms with van der Waals surface area (Å²) >= 11 is 5.94. The number of carbonyl (C=O) groups excluding carboxylic acids is 2. The maximum absolute atomic E-state index is 12.6. The topological polar surface area (TPSA) is 87.2 Å². The van der Waals surface area contributed by atoms with E-state index in [2.05, 4.69) is 0 Å². The second kappa shape index (κ2) is 8.20. The second-order valence-corrected chi connectivity index (χ2v) is 6.44. The fourth-order valence-electron chi connectivity index (χ4n) is 2.80. The molecule has 1 N–H and O–H groups in total. The van der Waals surface area contributed by atoms with Gasteiger partial charge in [0.1, 0.15) is 5.75 Å². The van der Waals surface area contributed by atoms with Gasteiger partial charge in [0.15, 0.2) is 0 Å². The van der Waals surface area contributed by atoms with Crippen molar-refractivity contribution in [1.29, 1.82) is 0 Å². The number of carboxylic acid groups (broad SMARTS) is 1. The van der Waals surface area contributed by atoms with Crippen LogP contribution in [0.2, 0.25) is 5.02 Å². The molecule has 0 aliphatic carbocycles. The summed E-state index contributed by atoms with van der Waals surface area (Å²) in [5.41, 5.74) is 0.287. The van der Waals surface area contributed by atoms with Gasteiger partial charge in [0.2, 0.25) is 5.91 Å². The molecule has 1 fully saturated rings. The minimum absolute atomic E-state index is 0.0910. The van der Waals surface area contributed by atoms with Crippen LogP contribution in [0.5, 0.6) is 5.75 Å². The monoisotopic (exact) mass is 368 g/mol. The van der Waals surface area contributed by atoms with Gasteiger partial charge < -0.3 is 19.6 Å². The third-order valence-electron chi connectivity index (χ3n) is 4.31. The molecule has 0 radical (unpaired) electrons. The molecule has 25 heavy (non-hydrogen) atoms. The Bertz CT molecular complexity index is 671. The standard InChI is InChI=1S/C17H21ClN2O5/c1-19(16(22)13-9-12(18)3-4-14(13)25-2)10-15(21)20-7-5-11(6-8-20)17(23)24/h3-4,9,11H,5-8,10H2,1-2H3,(H,23,24). The van der Waals surface area contributed by atoms with Crippen LogP contribution < -0.4 is 4.74 Å². The summed E-state index contributed by atoms with van der Waals surface area (Å²) in [5.74, 6) is -1.42. The number of hydrogen-bond acceptors (Lipinski definition) is 4. The number of nitrogens with zero attached hydrogens (tertiary/aromatic N) is 2. The van der Waals surface area contributed by atoms with Crippen molar-refractivity contribution in [1.82, 2.24) is 9.80 Å². The fourth-order valence-corrected chi connectivity index (χ4v) is 2.98. The van der Waals surface area contributed by atoms with Crippen molar-refractivity contribution in [2.45, 2.75) is 12.8 Å². The molecular weight excluding hydrogens is 348 g/mol. The summed E-state index contributed by atoms with van der Waals surface area (Å²) in [6.07, 6.45) is 0.863. The molecule has 1 saturated heterocycles. The first-order valence-corrected chi connectivity index (χ1v) is 8.31. The molecule has 0 spiro atoms. The van der Waals surface area contributed by atoms with Crippen molar-refractivity contribution in [3.63, 3.8) is 0 Å². The molecule has 1 aromatic carbocycles. The van der Waals surface area contributed by atoms with Gasteiger partial charge >= 0.3 is 5.97 Å². The number of likely N-dealkylation sites (N-methyl/N-ethyl adjacent to an activating group) is 1. The summed E-state index contributed by atoms with van der Waals surface area (Å²) in [7, 11) is 2.99. The number of ether oxygens (including phenoxy) is 1. The van der Waals surface area contributed by atoms with E-state index in [4.69, 9.17) is 21.4 Å². The van der Waals surface area contributed by atoms with E-state index >= 15 is 0 Å². The summed E-state index contributed by atoms with van der Waals surface area (Å²) in [6.45, 7) is 0.683. The molecule has 1 heterocycles. The van der Waals surface area contributed by atoms with Gasteiger partial charge in [0, 0.05) is 25.2 Å². The molecule has 0 aromatic heterocycles. The van der Waals surface area contributed by atoms with Crippen LogP contribution in [0.4, 0.5) is 0 Å². The Morgan fingerprint density at radius 2 is 1.96 bits per heavy atom. The Kier molecular flexibility index (Phi) is 6.25. The number of carboxylic acids is 1. The van der Waals surface area contributed by atoms with E-state index in [9.17, 15) is 14.4 Å². The van der Waals surface area contributed by atoms with Crippen LogP contribution in [0.15, 0.2) is 18.2 Å². The highest BCUT2D eigenvalue weighted by Crippen LogP contribution is 2.24. The number of aliphatic carboxylic acids is 1. The van der Waals surface area contributed by atoms with Crippen LogP contribution in [-0.4, -0.2) is 66.5 Å². The third-order valence-corrected chi connectivity index (χ3v) is 4.54. The molecule has 0 unspecified atom stereocenters. The van der Waals surface area contributed by atoms with E-state index in [1.165, 1.54) is 25.1 Å². The lowest BCUT2D eigenvalue weighted by molar-refractivity contribution is -0.145. The van der Waals surface area contributed by atoms with E-state index in [0.717, 1.165) is 0 Å². The predicted molar refractivity (Wildman–Crippen MR) is 91.9 cm³/mol. The van der Waals surface area contributed by atoms with E-state index in [0.29, 0.717) is 36.7 Å². The van der Waals surface area contributed by atoms with Gasteiger partial charge in [-0.25, -0.2) is 0 Å². The maximum atomic E-state index is 12.6. The van der Waals surface area contributed by atoms with Crippen LogP contribution in [0.3, 0.4) is 0 Å². The lowest BCUT2D eigenvalue weighted by Gasteiger charge is -2.31. The van der Waals surface area contributed by atoms with Crippen LogP contribution in [-0.2, 0) is 9.59 Å². The normalized spacial score (nSPS) is 14.9. The predicted octanol–water partition coefficient (Wildman–Crippen LogP) is 1.74. The molecule has 1 aliphatic heterocycles. The van der Waals surface area contributed by atoms with E-state index in [-0.39, 0.29) is 23.9 Å². The Morgan fingerprint density at radius 1 is 1.32 bits per heavy atom. The van der Waals surface area contributed by atoms with Gasteiger partial charge in [-0.05, 0) is 31.0 Å². The van der Waals surface area contributed by atoms with Crippen molar-refractivity contribution in [3.8, 4) is 5.75 Å². The van der Waals surface area contributed by atoms with Crippen molar-refractivity contribution in [3.05, 3.63) is 28.8 Å². The first kappa shape index (κ1) is 19.1. The number of piperidine rings is 1. The van der Waals surface area contributed by atoms with Gasteiger partial charge in [0.25, 0.3) is 5.91 Å². The van der Waals surface area contributed by atoms with Gasteiger partial charge in [0.05, 0.1) is 25.1 Å². The number of amides is 2. The van der Waals surface area contributed by atoms with Crippen molar-refractivity contribution in [2.24, 2.45) is 5.92 Å². The second-order valence-electron chi connectivity index (χ2n) is 6.00. The largest absolute Gasteiger partial charge is 0.496 e. The number of rotatable bonds is 5. The number of hydrogen-bond donors (Lipinski definition) is 1. The number of likely N-dealkylation sites (tertiary alicyclic amines) is 1. The van der Waals surface area contributed by atoms with E-state index in [1.807, 2.05) is 0 Å². The van der Waals surface area contributed by atoms with Gasteiger partial charge in [-0.2, -0.15) is 0 Å². The van der Waals surface area contributed by atoms with Gasteiger partial charge in [-0.1, -0.05) is 11.6 Å². The smallest absolute Gasteiger partial charge is 0.306 e. The Hall–Kier alpha value is -2.28. The summed E-state index contributed by atoms with van der Waals surface area (Å²) in [4.78, 5) is 38.8. The zero-order valence-corrected chi connectivity index (χ0v) is 15.0. The number of halogens is 1. The van der Waals surface area contributed by atoms with E-state index < -0.39 is 11.9 Å². The molecule has 7 nitrogen and oxygen atoms in total. The minimum Gasteiger partial charge on any atom is -0.496 e. The third kappa shape index (κ3) is 4.63. The minimum atomic E-state index is -0.826. The van der Waals surface area contributed by atoms with Crippen LogP contribution in [0, 0.1) is 5.92 Å². The fraction of sp³-hybridized carbons (Fsp3) is 0.471. The zero-order valence-electron chi connectivity index (χ0n) is 14.2. The first-order valence-electron chi connectivity index (χ1n) is 7.93. The molecule has 8 heteroatoms. The van der Waals surface area contributed by atoms with Crippen LogP contribution >= 0.6 is 11.6 Å².